The van der Waals surface area contributed by atoms with Crippen LogP contribution in [0.15, 0.2) is 24.3 Å². The number of aromatic nitrogens is 5. The van der Waals surface area contributed by atoms with E-state index in [4.69, 9.17) is 0 Å². The van der Waals surface area contributed by atoms with Crippen LogP contribution in [0.4, 0.5) is 5.69 Å². The molecule has 2 aromatic heterocycles. The van der Waals surface area contributed by atoms with Crippen molar-refractivity contribution in [1.82, 2.24) is 30.7 Å². The molecule has 1 aliphatic heterocycles. The second kappa shape index (κ2) is 5.89. The lowest BCUT2D eigenvalue weighted by Crippen LogP contribution is -2.25. The first-order valence-corrected chi connectivity index (χ1v) is 7.78. The summed E-state index contributed by atoms with van der Waals surface area (Å²) in [5, 5.41) is 20.2. The second-order valence-electron chi connectivity index (χ2n) is 5.73. The van der Waals surface area contributed by atoms with Gasteiger partial charge in [-0.25, -0.2) is 4.98 Å². The van der Waals surface area contributed by atoms with Crippen LogP contribution in [0, 0.1) is 6.92 Å². The van der Waals surface area contributed by atoms with Crippen molar-refractivity contribution in [2.75, 3.05) is 11.9 Å². The first-order valence-electron chi connectivity index (χ1n) is 7.78. The number of rotatable bonds is 3. The van der Waals surface area contributed by atoms with Crippen LogP contribution < -0.4 is 10.6 Å². The molecule has 0 aliphatic carbocycles. The van der Waals surface area contributed by atoms with Gasteiger partial charge in [0.25, 0.3) is 5.91 Å². The summed E-state index contributed by atoms with van der Waals surface area (Å²) in [7, 11) is 0. The molecule has 0 spiro atoms. The Morgan fingerprint density at radius 2 is 2.00 bits per heavy atom. The fourth-order valence-corrected chi connectivity index (χ4v) is 2.78. The molecule has 0 saturated heterocycles. The topological polar surface area (TPSA) is 111 Å². The third kappa shape index (κ3) is 2.67. The second-order valence-corrected chi connectivity index (χ2v) is 5.73. The van der Waals surface area contributed by atoms with Crippen LogP contribution >= 0.6 is 0 Å². The molecular weight excluding hydrogens is 306 g/mol. The van der Waals surface area contributed by atoms with E-state index in [9.17, 15) is 4.79 Å². The van der Waals surface area contributed by atoms with Gasteiger partial charge in [0.15, 0.2) is 11.5 Å². The predicted octanol–water partition coefficient (Wildman–Crippen LogP) is 1.40. The van der Waals surface area contributed by atoms with Crippen molar-refractivity contribution in [3.63, 3.8) is 0 Å². The van der Waals surface area contributed by atoms with Gasteiger partial charge in [-0.05, 0) is 31.2 Å². The molecule has 3 heterocycles. The van der Waals surface area contributed by atoms with Gasteiger partial charge in [-0.3, -0.25) is 15.0 Å². The molecule has 4 N–H and O–H groups in total. The van der Waals surface area contributed by atoms with Gasteiger partial charge in [-0.15, -0.1) is 0 Å². The Labute approximate surface area is 138 Å². The molecule has 8 nitrogen and oxygen atoms in total. The Morgan fingerprint density at radius 1 is 1.17 bits per heavy atom. The van der Waals surface area contributed by atoms with E-state index >= 15 is 0 Å². The number of amides is 1. The van der Waals surface area contributed by atoms with Crippen molar-refractivity contribution >= 4 is 11.6 Å². The van der Waals surface area contributed by atoms with E-state index in [0.717, 1.165) is 35.6 Å². The van der Waals surface area contributed by atoms with Gasteiger partial charge >= 0.3 is 0 Å². The van der Waals surface area contributed by atoms with Crippen molar-refractivity contribution in [3.8, 4) is 11.4 Å². The fraction of sp³-hybridized carbons (Fsp3) is 0.250. The molecule has 0 fully saturated rings. The van der Waals surface area contributed by atoms with Gasteiger partial charge in [0.1, 0.15) is 5.82 Å². The number of aromatic amines is 2. The van der Waals surface area contributed by atoms with Gasteiger partial charge in [0.2, 0.25) is 0 Å². The molecule has 0 unspecified atom stereocenters. The average Bonchev–Trinajstić information content (AvgIpc) is 3.22. The quantitative estimate of drug-likeness (QED) is 0.582. The summed E-state index contributed by atoms with van der Waals surface area (Å²) in [6, 6.07) is 7.41. The average molecular weight is 323 g/mol. The predicted molar refractivity (Wildman–Crippen MR) is 88.5 cm³/mol. The summed E-state index contributed by atoms with van der Waals surface area (Å²) in [4.78, 5) is 16.7. The van der Waals surface area contributed by atoms with E-state index in [0.29, 0.717) is 23.8 Å². The summed E-state index contributed by atoms with van der Waals surface area (Å²) in [5.41, 5.74) is 4.03. The van der Waals surface area contributed by atoms with E-state index in [1.807, 2.05) is 31.2 Å². The van der Waals surface area contributed by atoms with E-state index in [1.165, 1.54) is 0 Å². The number of H-pyrrole nitrogens is 2. The molecule has 24 heavy (non-hydrogen) atoms. The minimum absolute atomic E-state index is 0.210. The minimum atomic E-state index is -0.210. The Bertz CT molecular complexity index is 878. The van der Waals surface area contributed by atoms with E-state index < -0.39 is 0 Å². The molecule has 1 aliphatic rings. The summed E-state index contributed by atoms with van der Waals surface area (Å²) in [6.45, 7) is 3.42. The number of aryl methyl sites for hydroxylation is 1. The Hall–Kier alpha value is -3.00. The molecule has 8 heteroatoms. The molecule has 1 amide bonds. The van der Waals surface area contributed by atoms with Gasteiger partial charge in [-0.2, -0.15) is 10.2 Å². The molecular formula is C16H17N7O. The smallest absolute Gasteiger partial charge is 0.276 e. The highest BCUT2D eigenvalue weighted by Crippen LogP contribution is 2.20. The lowest BCUT2D eigenvalue weighted by atomic mass is 10.1. The number of fused-ring (bicyclic) bond motifs is 1. The number of hydrogen-bond acceptors (Lipinski definition) is 5. The zero-order chi connectivity index (χ0) is 16.5. The fourth-order valence-electron chi connectivity index (χ4n) is 2.78. The Morgan fingerprint density at radius 3 is 2.75 bits per heavy atom. The highest BCUT2D eigenvalue weighted by Gasteiger charge is 2.21. The molecule has 0 radical (unpaired) electrons. The molecule has 1 aromatic carbocycles. The van der Waals surface area contributed by atoms with Crippen LogP contribution in [0.2, 0.25) is 0 Å². The number of hydrogen-bond donors (Lipinski definition) is 4. The Balaban J connectivity index is 1.51. The molecule has 0 atom stereocenters. The third-order valence-corrected chi connectivity index (χ3v) is 4.02. The molecule has 122 valence electrons. The van der Waals surface area contributed by atoms with Crippen LogP contribution in [-0.4, -0.2) is 37.8 Å². The van der Waals surface area contributed by atoms with Crippen LogP contribution in [0.1, 0.15) is 27.6 Å². The van der Waals surface area contributed by atoms with E-state index in [-0.39, 0.29) is 5.91 Å². The van der Waals surface area contributed by atoms with Crippen LogP contribution in [0.5, 0.6) is 0 Å². The maximum atomic E-state index is 12.5. The summed E-state index contributed by atoms with van der Waals surface area (Å²) in [6.07, 6.45) is 0.861. The number of carbonyl (C=O) groups is 1. The molecule has 4 rings (SSSR count). The first kappa shape index (κ1) is 14.6. The van der Waals surface area contributed by atoms with E-state index in [2.05, 4.69) is 36.0 Å². The van der Waals surface area contributed by atoms with Crippen LogP contribution in [0.25, 0.3) is 11.4 Å². The zero-order valence-corrected chi connectivity index (χ0v) is 13.2. The number of carbonyl (C=O) groups excluding carboxylic acids is 1. The zero-order valence-electron chi connectivity index (χ0n) is 13.2. The van der Waals surface area contributed by atoms with Crippen molar-refractivity contribution < 1.29 is 4.79 Å². The van der Waals surface area contributed by atoms with E-state index in [1.54, 1.807) is 0 Å². The van der Waals surface area contributed by atoms with Gasteiger partial charge < -0.3 is 10.6 Å². The van der Waals surface area contributed by atoms with Crippen molar-refractivity contribution in [1.29, 1.82) is 0 Å². The van der Waals surface area contributed by atoms with Gasteiger partial charge in [-0.1, -0.05) is 0 Å². The van der Waals surface area contributed by atoms with Gasteiger partial charge in [0.05, 0.1) is 0 Å². The van der Waals surface area contributed by atoms with Crippen molar-refractivity contribution in [2.45, 2.75) is 19.9 Å². The third-order valence-electron chi connectivity index (χ3n) is 4.02. The first-order chi connectivity index (χ1) is 11.7. The molecule has 0 saturated carbocycles. The summed E-state index contributed by atoms with van der Waals surface area (Å²) in [5.74, 6) is 1.19. The van der Waals surface area contributed by atoms with Crippen LogP contribution in [-0.2, 0) is 13.0 Å². The lowest BCUT2D eigenvalue weighted by Gasteiger charge is -2.12. The van der Waals surface area contributed by atoms with Crippen LogP contribution in [0.3, 0.4) is 0 Å². The van der Waals surface area contributed by atoms with Crippen molar-refractivity contribution in [3.05, 3.63) is 47.0 Å². The minimum Gasteiger partial charge on any atom is -0.321 e. The standard InChI is InChI=1S/C16H17N7O/c1-9-18-15(23-20-9)10-2-4-11(5-3-10)19-16(24)14-12-8-17-7-6-13(12)21-22-14/h2-5,17H,6-8H2,1H3,(H,19,24)(H,21,22)(H,18,20,23). The summed E-state index contributed by atoms with van der Waals surface area (Å²) < 4.78 is 0. The highest BCUT2D eigenvalue weighted by molar-refractivity contribution is 6.04. The normalized spacial score (nSPS) is 13.5. The maximum Gasteiger partial charge on any atom is 0.276 e. The SMILES string of the molecule is Cc1nc(-c2ccc(NC(=O)c3n[nH]c4c3CNCC4)cc2)n[nH]1. The lowest BCUT2D eigenvalue weighted by molar-refractivity contribution is 0.102. The number of nitrogens with zero attached hydrogens (tertiary/aromatic N) is 3. The number of anilines is 1. The highest BCUT2D eigenvalue weighted by atomic mass is 16.1. The van der Waals surface area contributed by atoms with Crippen molar-refractivity contribution in [2.24, 2.45) is 0 Å². The molecule has 0 bridgehead atoms. The van der Waals surface area contributed by atoms with Gasteiger partial charge in [0, 0.05) is 42.0 Å². The molecule has 3 aromatic rings. The summed E-state index contributed by atoms with van der Waals surface area (Å²) >= 11 is 0. The monoisotopic (exact) mass is 323 g/mol. The number of nitrogens with one attached hydrogen (secondary N) is 4. The maximum absolute atomic E-state index is 12.5. The number of benzene rings is 1. The Kier molecular flexibility index (Phi) is 3.58. The largest absolute Gasteiger partial charge is 0.321 e.